The Morgan fingerprint density at radius 3 is 2.40 bits per heavy atom. The minimum absolute atomic E-state index is 0.0376. The van der Waals surface area contributed by atoms with E-state index in [1.807, 2.05) is 45.0 Å². The molecule has 1 N–H and O–H groups in total. The molecule has 1 atom stereocenters. The van der Waals surface area contributed by atoms with Crippen molar-refractivity contribution in [1.29, 1.82) is 0 Å². The first-order valence-corrected chi connectivity index (χ1v) is 10.6. The lowest BCUT2D eigenvalue weighted by Gasteiger charge is -2.13. The average Bonchev–Trinajstić information content (AvgIpc) is 3.10. The topological polar surface area (TPSA) is 69.7 Å². The summed E-state index contributed by atoms with van der Waals surface area (Å²) in [6, 6.07) is 12.7. The van der Waals surface area contributed by atoms with Gasteiger partial charge in [-0.3, -0.25) is 4.79 Å². The molecule has 0 bridgehead atoms. The number of nitrogens with zero attached hydrogens (tertiary/aromatic N) is 1. The van der Waals surface area contributed by atoms with E-state index >= 15 is 0 Å². The van der Waals surface area contributed by atoms with Crippen LogP contribution in [0.5, 0.6) is 27.5 Å². The van der Waals surface area contributed by atoms with Gasteiger partial charge in [-0.2, -0.15) is 0 Å². The fourth-order valence-corrected chi connectivity index (χ4v) is 3.54. The summed E-state index contributed by atoms with van der Waals surface area (Å²) in [6.07, 6.45) is 1.64. The van der Waals surface area contributed by atoms with E-state index < -0.39 is 0 Å². The number of thiazole rings is 1. The molecule has 0 aliphatic heterocycles. The number of rotatable bonds is 8. The van der Waals surface area contributed by atoms with Gasteiger partial charge in [0.2, 0.25) is 11.0 Å². The molecule has 1 aromatic heterocycles. The van der Waals surface area contributed by atoms with Crippen LogP contribution in [0.1, 0.15) is 39.3 Å². The van der Waals surface area contributed by atoms with Crippen LogP contribution in [0.15, 0.2) is 48.7 Å². The highest BCUT2D eigenvalue weighted by atomic mass is 35.5. The van der Waals surface area contributed by atoms with Crippen molar-refractivity contribution >= 4 is 28.8 Å². The standard InChI is InChI=1S/C22H23ClN2O4S/c1-13(2)27-20-10-9-18(11-19(20)23)29-22-24-12-21(30-22)28-17-7-5-16(6-8-17)14(3)25-15(4)26/h5-14H,1-4H3,(H,25,26). The van der Waals surface area contributed by atoms with E-state index in [4.69, 9.17) is 25.8 Å². The zero-order valence-corrected chi connectivity index (χ0v) is 18.7. The van der Waals surface area contributed by atoms with E-state index in [-0.39, 0.29) is 18.1 Å². The Morgan fingerprint density at radius 2 is 1.77 bits per heavy atom. The zero-order chi connectivity index (χ0) is 21.7. The van der Waals surface area contributed by atoms with E-state index in [1.54, 1.807) is 24.4 Å². The maximum Gasteiger partial charge on any atom is 0.282 e. The van der Waals surface area contributed by atoms with Gasteiger partial charge in [-0.1, -0.05) is 23.7 Å². The van der Waals surface area contributed by atoms with Gasteiger partial charge in [-0.05, 0) is 61.9 Å². The molecule has 0 aliphatic rings. The highest BCUT2D eigenvalue weighted by molar-refractivity contribution is 7.15. The summed E-state index contributed by atoms with van der Waals surface area (Å²) in [5, 5.41) is 4.36. The summed E-state index contributed by atoms with van der Waals surface area (Å²) in [4.78, 5) is 15.4. The Hall–Kier alpha value is -2.77. The van der Waals surface area contributed by atoms with Crippen molar-refractivity contribution in [2.45, 2.75) is 39.8 Å². The number of halogens is 1. The monoisotopic (exact) mass is 446 g/mol. The van der Waals surface area contributed by atoms with Crippen LogP contribution < -0.4 is 19.5 Å². The minimum Gasteiger partial charge on any atom is -0.489 e. The molecular weight excluding hydrogens is 424 g/mol. The third-order valence-corrected chi connectivity index (χ3v) is 5.00. The quantitative estimate of drug-likeness (QED) is 0.435. The number of amides is 1. The number of carbonyl (C=O) groups is 1. The first kappa shape index (κ1) is 21.9. The summed E-state index contributed by atoms with van der Waals surface area (Å²) in [7, 11) is 0. The van der Waals surface area contributed by atoms with Gasteiger partial charge >= 0.3 is 0 Å². The Kier molecular flexibility index (Phi) is 7.18. The fraction of sp³-hybridized carbons (Fsp3) is 0.273. The first-order valence-electron chi connectivity index (χ1n) is 9.45. The molecule has 8 heteroatoms. The lowest BCUT2D eigenvalue weighted by molar-refractivity contribution is -0.119. The fourth-order valence-electron chi connectivity index (χ4n) is 2.66. The smallest absolute Gasteiger partial charge is 0.282 e. The van der Waals surface area contributed by atoms with Crippen LogP contribution in [0.25, 0.3) is 0 Å². The van der Waals surface area contributed by atoms with Gasteiger partial charge in [0.25, 0.3) is 5.19 Å². The summed E-state index contributed by atoms with van der Waals surface area (Å²) in [5.74, 6) is 1.78. The van der Waals surface area contributed by atoms with Crippen LogP contribution in [0.2, 0.25) is 5.02 Å². The largest absolute Gasteiger partial charge is 0.489 e. The Morgan fingerprint density at radius 1 is 1.07 bits per heavy atom. The highest BCUT2D eigenvalue weighted by Gasteiger charge is 2.11. The predicted octanol–water partition coefficient (Wildman–Crippen LogP) is 6.37. The number of carbonyl (C=O) groups excluding carboxylic acids is 1. The molecular formula is C22H23ClN2O4S. The SMILES string of the molecule is CC(=O)NC(C)c1ccc(Oc2cnc(Oc3ccc(OC(C)C)c(Cl)c3)s2)cc1. The molecule has 158 valence electrons. The second kappa shape index (κ2) is 9.82. The minimum atomic E-state index is -0.0663. The molecule has 6 nitrogen and oxygen atoms in total. The molecule has 3 aromatic rings. The van der Waals surface area contributed by atoms with E-state index in [0.29, 0.717) is 32.5 Å². The van der Waals surface area contributed by atoms with E-state index in [9.17, 15) is 4.79 Å². The number of hydrogen-bond donors (Lipinski definition) is 1. The third-order valence-electron chi connectivity index (χ3n) is 3.95. The third kappa shape index (κ3) is 6.11. The molecule has 0 saturated heterocycles. The van der Waals surface area contributed by atoms with Gasteiger partial charge in [-0.25, -0.2) is 4.98 Å². The Labute approximate surface area is 184 Å². The van der Waals surface area contributed by atoms with Gasteiger partial charge in [0.1, 0.15) is 17.2 Å². The van der Waals surface area contributed by atoms with Crippen molar-refractivity contribution < 1.29 is 19.0 Å². The van der Waals surface area contributed by atoms with E-state index in [1.165, 1.54) is 18.3 Å². The second-order valence-corrected chi connectivity index (χ2v) is 8.26. The van der Waals surface area contributed by atoms with Gasteiger partial charge in [0.05, 0.1) is 23.4 Å². The van der Waals surface area contributed by atoms with Crippen molar-refractivity contribution in [1.82, 2.24) is 10.3 Å². The van der Waals surface area contributed by atoms with Crippen molar-refractivity contribution in [2.24, 2.45) is 0 Å². The summed E-state index contributed by atoms with van der Waals surface area (Å²) < 4.78 is 17.2. The molecule has 0 radical (unpaired) electrons. The van der Waals surface area contributed by atoms with Crippen molar-refractivity contribution in [2.75, 3.05) is 0 Å². The molecule has 30 heavy (non-hydrogen) atoms. The van der Waals surface area contributed by atoms with E-state index in [2.05, 4.69) is 10.3 Å². The summed E-state index contributed by atoms with van der Waals surface area (Å²) in [5.41, 5.74) is 0.993. The van der Waals surface area contributed by atoms with Crippen LogP contribution in [-0.4, -0.2) is 17.0 Å². The van der Waals surface area contributed by atoms with Crippen LogP contribution in [0.4, 0.5) is 0 Å². The number of aromatic nitrogens is 1. The normalized spacial score (nSPS) is 11.8. The van der Waals surface area contributed by atoms with Gasteiger partial charge in [0, 0.05) is 13.0 Å². The summed E-state index contributed by atoms with van der Waals surface area (Å²) >= 11 is 7.52. The lowest BCUT2D eigenvalue weighted by Crippen LogP contribution is -2.23. The molecule has 1 amide bonds. The zero-order valence-electron chi connectivity index (χ0n) is 17.1. The van der Waals surface area contributed by atoms with Crippen LogP contribution in [-0.2, 0) is 4.79 Å². The van der Waals surface area contributed by atoms with Crippen molar-refractivity contribution in [3.05, 3.63) is 59.2 Å². The molecule has 3 rings (SSSR count). The Balaban J connectivity index is 1.61. The highest BCUT2D eigenvalue weighted by Crippen LogP contribution is 2.36. The van der Waals surface area contributed by atoms with Crippen LogP contribution >= 0.6 is 22.9 Å². The maximum absolute atomic E-state index is 11.2. The molecule has 0 spiro atoms. The molecule has 0 saturated carbocycles. The second-order valence-electron chi connectivity index (χ2n) is 6.90. The van der Waals surface area contributed by atoms with Gasteiger partial charge < -0.3 is 19.5 Å². The number of hydrogen-bond acceptors (Lipinski definition) is 6. The van der Waals surface area contributed by atoms with Crippen molar-refractivity contribution in [3.63, 3.8) is 0 Å². The van der Waals surface area contributed by atoms with Crippen LogP contribution in [0, 0.1) is 0 Å². The molecule has 1 heterocycles. The molecule has 1 unspecified atom stereocenters. The van der Waals surface area contributed by atoms with Crippen LogP contribution in [0.3, 0.4) is 0 Å². The number of ether oxygens (including phenoxy) is 3. The molecule has 2 aromatic carbocycles. The first-order chi connectivity index (χ1) is 14.3. The van der Waals surface area contributed by atoms with Gasteiger partial charge in [-0.15, -0.1) is 0 Å². The predicted molar refractivity (Wildman–Crippen MR) is 118 cm³/mol. The molecule has 0 aliphatic carbocycles. The maximum atomic E-state index is 11.2. The van der Waals surface area contributed by atoms with Crippen molar-refractivity contribution in [3.8, 4) is 27.5 Å². The average molecular weight is 447 g/mol. The number of nitrogens with one attached hydrogen (secondary N) is 1. The molecule has 0 fully saturated rings. The van der Waals surface area contributed by atoms with E-state index in [0.717, 1.165) is 5.56 Å². The number of benzene rings is 2. The summed E-state index contributed by atoms with van der Waals surface area (Å²) in [6.45, 7) is 7.31. The lowest BCUT2D eigenvalue weighted by atomic mass is 10.1. The Bertz CT molecular complexity index is 1000. The van der Waals surface area contributed by atoms with Gasteiger partial charge in [0.15, 0.2) is 0 Å².